The summed E-state index contributed by atoms with van der Waals surface area (Å²) < 4.78 is 7.74. The zero-order valence-electron chi connectivity index (χ0n) is 16.5. The smallest absolute Gasteiger partial charge is 0.266 e. The fraction of sp³-hybridized carbons (Fsp3) is 0.0833. The number of aryl methyl sites for hydroxylation is 1. The number of nitriles is 1. The summed E-state index contributed by atoms with van der Waals surface area (Å²) in [6, 6.07) is 20.7. The van der Waals surface area contributed by atoms with Crippen molar-refractivity contribution in [3.63, 3.8) is 0 Å². The number of carbonyl (C=O) groups is 1. The fourth-order valence-electron chi connectivity index (χ4n) is 2.78. The molecule has 31 heavy (non-hydrogen) atoms. The Balaban J connectivity index is 1.80. The third-order valence-corrected chi connectivity index (χ3v) is 6.39. The monoisotopic (exact) mass is 654 g/mol. The second-order valence-electron chi connectivity index (χ2n) is 6.63. The summed E-state index contributed by atoms with van der Waals surface area (Å²) in [6.45, 7) is 2.25. The van der Waals surface area contributed by atoms with Crippen molar-refractivity contribution >= 4 is 74.5 Å². The minimum Gasteiger partial charge on any atom is -0.487 e. The minimum absolute atomic E-state index is 0.0274. The predicted molar refractivity (Wildman–Crippen MR) is 141 cm³/mol. The number of benzene rings is 3. The number of amides is 1. The number of carbonyl (C=O) groups excluding carboxylic acids is 1. The van der Waals surface area contributed by atoms with Crippen molar-refractivity contribution in [3.05, 3.63) is 95.1 Å². The molecule has 0 saturated carbocycles. The maximum atomic E-state index is 12.6. The Hall–Kier alpha value is -2.09. The third-order valence-electron chi connectivity index (χ3n) is 4.42. The molecule has 0 aliphatic heterocycles. The van der Waals surface area contributed by atoms with E-state index in [2.05, 4.69) is 50.5 Å². The molecule has 1 amide bonds. The zero-order chi connectivity index (χ0) is 22.4. The van der Waals surface area contributed by atoms with E-state index < -0.39 is 5.91 Å². The summed E-state index contributed by atoms with van der Waals surface area (Å²) in [5.41, 5.74) is 3.28. The van der Waals surface area contributed by atoms with Gasteiger partial charge in [0.2, 0.25) is 0 Å². The Labute approximate surface area is 213 Å². The number of halogens is 3. The lowest BCUT2D eigenvalue weighted by Gasteiger charge is -2.12. The molecule has 0 heterocycles. The molecule has 0 saturated heterocycles. The Morgan fingerprint density at radius 3 is 2.42 bits per heavy atom. The highest BCUT2D eigenvalue weighted by Crippen LogP contribution is 2.31. The van der Waals surface area contributed by atoms with Crippen LogP contribution in [0.1, 0.15) is 16.7 Å². The molecule has 0 aromatic heterocycles. The summed E-state index contributed by atoms with van der Waals surface area (Å²) >= 11 is 10.6. The number of hydrogen-bond donors (Lipinski definition) is 1. The average molecular weight is 655 g/mol. The molecule has 3 aromatic rings. The highest BCUT2D eigenvalue weighted by Gasteiger charge is 2.13. The van der Waals surface area contributed by atoms with E-state index in [1.807, 2.05) is 67.6 Å². The van der Waals surface area contributed by atoms with Gasteiger partial charge in [0, 0.05) is 16.3 Å². The number of anilines is 1. The molecule has 0 atom stereocenters. The van der Waals surface area contributed by atoms with Crippen molar-refractivity contribution in [2.45, 2.75) is 13.5 Å². The highest BCUT2D eigenvalue weighted by atomic mass is 127. The van der Waals surface area contributed by atoms with Gasteiger partial charge in [-0.1, -0.05) is 48.0 Å². The van der Waals surface area contributed by atoms with E-state index in [1.165, 1.54) is 0 Å². The van der Waals surface area contributed by atoms with Gasteiger partial charge in [-0.25, -0.2) is 0 Å². The Bertz CT molecular complexity index is 1180. The number of ether oxygens (including phenoxy) is 1. The standard InChI is InChI=1S/C24H17ClI2N2O2/c1-15-6-2-5-9-22(15)29-24(30)18(13-28)10-16-11-20(26)23(21(27)12-16)31-14-17-7-3-4-8-19(17)25/h2-12H,14H2,1H3,(H,29,30)/b18-10-. The highest BCUT2D eigenvalue weighted by molar-refractivity contribution is 14.1. The SMILES string of the molecule is Cc1ccccc1NC(=O)/C(C#N)=C\c1cc(I)c(OCc2ccccc2Cl)c(I)c1. The van der Waals surface area contributed by atoms with E-state index in [4.69, 9.17) is 16.3 Å². The maximum absolute atomic E-state index is 12.6. The summed E-state index contributed by atoms with van der Waals surface area (Å²) in [5, 5.41) is 13.0. The number of para-hydroxylation sites is 1. The van der Waals surface area contributed by atoms with Gasteiger partial charge >= 0.3 is 0 Å². The van der Waals surface area contributed by atoms with Gasteiger partial charge in [-0.15, -0.1) is 0 Å². The van der Waals surface area contributed by atoms with Crippen LogP contribution >= 0.6 is 56.8 Å². The lowest BCUT2D eigenvalue weighted by atomic mass is 10.1. The first-order valence-electron chi connectivity index (χ1n) is 9.23. The summed E-state index contributed by atoms with van der Waals surface area (Å²) in [7, 11) is 0. The Kier molecular flexibility index (Phi) is 8.35. The van der Waals surface area contributed by atoms with E-state index in [9.17, 15) is 10.1 Å². The Morgan fingerprint density at radius 1 is 1.13 bits per heavy atom. The predicted octanol–water partition coefficient (Wildman–Crippen LogP) is 6.98. The molecule has 0 spiro atoms. The van der Waals surface area contributed by atoms with E-state index in [-0.39, 0.29) is 5.57 Å². The van der Waals surface area contributed by atoms with Crippen LogP contribution in [0.15, 0.2) is 66.2 Å². The number of nitrogens with zero attached hydrogens (tertiary/aromatic N) is 1. The molecule has 3 aromatic carbocycles. The van der Waals surface area contributed by atoms with Gasteiger partial charge in [0.1, 0.15) is 24.0 Å². The van der Waals surface area contributed by atoms with Gasteiger partial charge in [-0.2, -0.15) is 5.26 Å². The van der Waals surface area contributed by atoms with Crippen LogP contribution in [0.3, 0.4) is 0 Å². The van der Waals surface area contributed by atoms with E-state index in [0.717, 1.165) is 29.6 Å². The van der Waals surface area contributed by atoms with Crippen LogP contribution < -0.4 is 10.1 Å². The molecule has 0 aliphatic rings. The van der Waals surface area contributed by atoms with Crippen LogP contribution in [0.4, 0.5) is 5.69 Å². The molecule has 0 aliphatic carbocycles. The molecule has 3 rings (SSSR count). The molecule has 0 fully saturated rings. The van der Waals surface area contributed by atoms with Crippen LogP contribution in [0.5, 0.6) is 5.75 Å². The van der Waals surface area contributed by atoms with E-state index >= 15 is 0 Å². The van der Waals surface area contributed by atoms with E-state index in [1.54, 1.807) is 12.1 Å². The van der Waals surface area contributed by atoms with Gasteiger partial charge < -0.3 is 10.1 Å². The van der Waals surface area contributed by atoms with Crippen molar-refractivity contribution < 1.29 is 9.53 Å². The fourth-order valence-corrected chi connectivity index (χ4v) is 5.10. The number of hydrogen-bond acceptors (Lipinski definition) is 3. The molecule has 156 valence electrons. The molecule has 0 radical (unpaired) electrons. The molecular weight excluding hydrogens is 638 g/mol. The van der Waals surface area contributed by atoms with Gasteiger partial charge in [-0.3, -0.25) is 4.79 Å². The van der Waals surface area contributed by atoms with Crippen molar-refractivity contribution in [2.24, 2.45) is 0 Å². The third kappa shape index (κ3) is 6.21. The normalized spacial score (nSPS) is 11.0. The quantitative estimate of drug-likeness (QED) is 0.177. The summed E-state index contributed by atoms with van der Waals surface area (Å²) in [5.74, 6) is 0.294. The van der Waals surface area contributed by atoms with Crippen LogP contribution in [0.2, 0.25) is 5.02 Å². The first-order chi connectivity index (χ1) is 14.9. The van der Waals surface area contributed by atoms with Crippen molar-refractivity contribution in [1.82, 2.24) is 0 Å². The Morgan fingerprint density at radius 2 is 1.77 bits per heavy atom. The van der Waals surface area contributed by atoms with Crippen LogP contribution in [-0.2, 0) is 11.4 Å². The van der Waals surface area contributed by atoms with Crippen molar-refractivity contribution in [2.75, 3.05) is 5.32 Å². The average Bonchev–Trinajstić information content (AvgIpc) is 2.74. The second kappa shape index (κ2) is 11.0. The lowest BCUT2D eigenvalue weighted by molar-refractivity contribution is -0.112. The number of rotatable bonds is 6. The summed E-state index contributed by atoms with van der Waals surface area (Å²) in [6.07, 6.45) is 1.58. The number of nitrogens with one attached hydrogen (secondary N) is 1. The van der Waals surface area contributed by atoms with Crippen LogP contribution in [0.25, 0.3) is 6.08 Å². The zero-order valence-corrected chi connectivity index (χ0v) is 21.5. The van der Waals surface area contributed by atoms with Gasteiger partial charge in [0.25, 0.3) is 5.91 Å². The van der Waals surface area contributed by atoms with Crippen LogP contribution in [0, 0.1) is 25.4 Å². The molecule has 0 unspecified atom stereocenters. The topological polar surface area (TPSA) is 62.1 Å². The minimum atomic E-state index is -0.444. The maximum Gasteiger partial charge on any atom is 0.266 e. The molecule has 1 N–H and O–H groups in total. The first kappa shape index (κ1) is 23.6. The summed E-state index contributed by atoms with van der Waals surface area (Å²) in [4.78, 5) is 12.6. The van der Waals surface area contributed by atoms with Crippen molar-refractivity contribution in [3.8, 4) is 11.8 Å². The lowest BCUT2D eigenvalue weighted by Crippen LogP contribution is -2.14. The van der Waals surface area contributed by atoms with Crippen LogP contribution in [-0.4, -0.2) is 5.91 Å². The van der Waals surface area contributed by atoms with E-state index in [0.29, 0.717) is 17.3 Å². The van der Waals surface area contributed by atoms with Gasteiger partial charge in [0.05, 0.1) is 7.14 Å². The largest absolute Gasteiger partial charge is 0.487 e. The van der Waals surface area contributed by atoms with Gasteiger partial charge in [0.15, 0.2) is 0 Å². The molecule has 0 bridgehead atoms. The van der Waals surface area contributed by atoms with Crippen molar-refractivity contribution in [1.29, 1.82) is 5.26 Å². The second-order valence-corrected chi connectivity index (χ2v) is 9.36. The van der Waals surface area contributed by atoms with Gasteiger partial charge in [-0.05, 0) is 93.6 Å². The molecule has 7 heteroatoms. The molecular formula is C24H17ClI2N2O2. The first-order valence-corrected chi connectivity index (χ1v) is 11.8. The molecule has 4 nitrogen and oxygen atoms in total.